The predicted octanol–water partition coefficient (Wildman–Crippen LogP) is 2.43. The molecule has 1 aliphatic rings. The van der Waals surface area contributed by atoms with Crippen LogP contribution in [0.4, 0.5) is 0 Å². The Morgan fingerprint density at radius 1 is 1.25 bits per heavy atom. The molecule has 2 N–H and O–H groups in total. The summed E-state index contributed by atoms with van der Waals surface area (Å²) in [5, 5.41) is 3.89. The minimum absolute atomic E-state index is 0.0686. The Morgan fingerprint density at radius 2 is 2.07 bits per heavy atom. The summed E-state index contributed by atoms with van der Waals surface area (Å²) in [5.74, 6) is 0.224. The number of aromatic amines is 2. The molecule has 0 radical (unpaired) electrons. The van der Waals surface area contributed by atoms with E-state index in [4.69, 9.17) is 0 Å². The maximum absolute atomic E-state index is 12.8. The van der Waals surface area contributed by atoms with Gasteiger partial charge in [-0.25, -0.2) is 4.98 Å². The predicted molar refractivity (Wildman–Crippen MR) is 108 cm³/mol. The molecule has 8 heteroatoms. The minimum atomic E-state index is -0.373. The van der Waals surface area contributed by atoms with Crippen LogP contribution >= 0.6 is 11.3 Å². The number of hydrogen-bond acceptors (Lipinski definition) is 5. The molecule has 1 amide bonds. The number of H-pyrrole nitrogens is 2. The SMILES string of the molecule is Cc1cc(C(=O)N2CCC(c3nc(-c4ccsc4)cc(=O)[nH]3)C2)c(=O)[nH]c1C. The summed E-state index contributed by atoms with van der Waals surface area (Å²) < 4.78 is 0. The molecule has 7 nitrogen and oxygen atoms in total. The molecule has 0 saturated carbocycles. The average Bonchev–Trinajstić information content (AvgIpc) is 3.35. The van der Waals surface area contributed by atoms with Gasteiger partial charge in [0.1, 0.15) is 11.4 Å². The molecule has 0 aromatic carbocycles. The molecule has 0 aliphatic carbocycles. The Balaban J connectivity index is 1.58. The molecule has 0 spiro atoms. The van der Waals surface area contributed by atoms with Crippen molar-refractivity contribution in [3.05, 3.63) is 72.3 Å². The zero-order valence-corrected chi connectivity index (χ0v) is 16.4. The lowest BCUT2D eigenvalue weighted by molar-refractivity contribution is 0.0788. The summed E-state index contributed by atoms with van der Waals surface area (Å²) >= 11 is 1.55. The van der Waals surface area contributed by atoms with Gasteiger partial charge < -0.3 is 14.9 Å². The van der Waals surface area contributed by atoms with E-state index in [1.165, 1.54) is 6.07 Å². The number of likely N-dealkylation sites (tertiary alicyclic amines) is 1. The second kappa shape index (κ2) is 7.20. The topological polar surface area (TPSA) is 98.9 Å². The van der Waals surface area contributed by atoms with E-state index in [1.807, 2.05) is 23.8 Å². The van der Waals surface area contributed by atoms with Gasteiger partial charge >= 0.3 is 0 Å². The maximum atomic E-state index is 12.8. The molecular weight excluding hydrogens is 376 g/mol. The van der Waals surface area contributed by atoms with Gasteiger partial charge in [0.2, 0.25) is 0 Å². The molecule has 1 aliphatic heterocycles. The van der Waals surface area contributed by atoms with Crippen molar-refractivity contribution in [2.75, 3.05) is 13.1 Å². The molecule has 4 heterocycles. The third-order valence-corrected chi connectivity index (χ3v) is 5.85. The zero-order chi connectivity index (χ0) is 19.8. The van der Waals surface area contributed by atoms with E-state index < -0.39 is 0 Å². The number of amides is 1. The first-order valence-corrected chi connectivity index (χ1v) is 10.0. The lowest BCUT2D eigenvalue weighted by Crippen LogP contribution is -2.33. The molecular formula is C20H20N4O3S. The molecule has 1 atom stereocenters. The Morgan fingerprint density at radius 3 is 2.82 bits per heavy atom. The van der Waals surface area contributed by atoms with E-state index in [9.17, 15) is 14.4 Å². The second-order valence-electron chi connectivity index (χ2n) is 7.08. The van der Waals surface area contributed by atoms with E-state index in [1.54, 1.807) is 29.2 Å². The monoisotopic (exact) mass is 396 g/mol. The fourth-order valence-corrected chi connectivity index (χ4v) is 4.10. The average molecular weight is 396 g/mol. The Kier molecular flexibility index (Phi) is 4.72. The molecule has 1 fully saturated rings. The van der Waals surface area contributed by atoms with E-state index in [0.29, 0.717) is 31.0 Å². The number of nitrogens with zero attached hydrogens (tertiary/aromatic N) is 2. The summed E-state index contributed by atoms with van der Waals surface area (Å²) in [5.41, 5.74) is 2.74. The van der Waals surface area contributed by atoms with Crippen molar-refractivity contribution in [3.8, 4) is 11.3 Å². The van der Waals surface area contributed by atoms with Gasteiger partial charge in [0.15, 0.2) is 0 Å². The summed E-state index contributed by atoms with van der Waals surface area (Å²) in [4.78, 5) is 48.9. The standard InChI is InChI=1S/C20H20N4O3S/c1-11-7-15(19(26)21-12(11)2)20(27)24-5-3-13(9-24)18-22-16(8-17(25)23-18)14-4-6-28-10-14/h4,6-8,10,13H,3,5,9H2,1-2H3,(H,21,26)(H,22,23,25). The highest BCUT2D eigenvalue weighted by Gasteiger charge is 2.31. The lowest BCUT2D eigenvalue weighted by Gasteiger charge is -2.16. The molecule has 144 valence electrons. The van der Waals surface area contributed by atoms with Crippen molar-refractivity contribution >= 4 is 17.2 Å². The largest absolute Gasteiger partial charge is 0.338 e. The fraction of sp³-hybridized carbons (Fsp3) is 0.300. The number of hydrogen-bond donors (Lipinski definition) is 2. The Labute approximate surface area is 165 Å². The van der Waals surface area contributed by atoms with Crippen molar-refractivity contribution < 1.29 is 4.79 Å². The summed E-state index contributed by atoms with van der Waals surface area (Å²) in [6.45, 7) is 4.60. The molecule has 3 aromatic heterocycles. The number of aromatic nitrogens is 3. The van der Waals surface area contributed by atoms with Crippen molar-refractivity contribution in [1.82, 2.24) is 19.9 Å². The first kappa shape index (κ1) is 18.4. The highest BCUT2D eigenvalue weighted by molar-refractivity contribution is 7.08. The third-order valence-electron chi connectivity index (χ3n) is 5.17. The first-order valence-electron chi connectivity index (χ1n) is 9.06. The Hall–Kier alpha value is -3.00. The van der Waals surface area contributed by atoms with Crippen LogP contribution in [-0.4, -0.2) is 38.8 Å². The van der Waals surface area contributed by atoms with Crippen LogP contribution in [0.15, 0.2) is 38.5 Å². The number of rotatable bonds is 3. The van der Waals surface area contributed by atoms with Gasteiger partial charge in [-0.3, -0.25) is 14.4 Å². The normalized spacial score (nSPS) is 16.5. The van der Waals surface area contributed by atoms with Crippen LogP contribution in [0, 0.1) is 13.8 Å². The Bertz CT molecular complexity index is 1150. The second-order valence-corrected chi connectivity index (χ2v) is 7.86. The van der Waals surface area contributed by atoms with Crippen molar-refractivity contribution in [2.24, 2.45) is 0 Å². The first-order chi connectivity index (χ1) is 13.4. The lowest BCUT2D eigenvalue weighted by atomic mass is 10.1. The molecule has 28 heavy (non-hydrogen) atoms. The molecule has 0 bridgehead atoms. The van der Waals surface area contributed by atoms with Crippen LogP contribution < -0.4 is 11.1 Å². The molecule has 4 rings (SSSR count). The smallest absolute Gasteiger partial charge is 0.261 e. The van der Waals surface area contributed by atoms with Gasteiger partial charge in [0.25, 0.3) is 17.0 Å². The van der Waals surface area contributed by atoms with Crippen molar-refractivity contribution in [3.63, 3.8) is 0 Å². The van der Waals surface area contributed by atoms with Gasteiger partial charge in [0, 0.05) is 41.7 Å². The number of nitrogens with one attached hydrogen (secondary N) is 2. The minimum Gasteiger partial charge on any atom is -0.338 e. The summed E-state index contributed by atoms with van der Waals surface area (Å²) in [6.07, 6.45) is 0.685. The number of aryl methyl sites for hydroxylation is 2. The van der Waals surface area contributed by atoms with Crippen molar-refractivity contribution in [1.29, 1.82) is 0 Å². The van der Waals surface area contributed by atoms with Crippen LogP contribution in [0.5, 0.6) is 0 Å². The van der Waals surface area contributed by atoms with E-state index in [-0.39, 0.29) is 28.5 Å². The van der Waals surface area contributed by atoms with Crippen molar-refractivity contribution in [2.45, 2.75) is 26.2 Å². The number of thiophene rings is 1. The maximum Gasteiger partial charge on any atom is 0.261 e. The summed E-state index contributed by atoms with van der Waals surface area (Å²) in [6, 6.07) is 5.05. The number of pyridine rings is 1. The fourth-order valence-electron chi connectivity index (χ4n) is 3.45. The van der Waals surface area contributed by atoms with Crippen LogP contribution in [-0.2, 0) is 0 Å². The van der Waals surface area contributed by atoms with Gasteiger partial charge in [-0.05, 0) is 43.3 Å². The highest BCUT2D eigenvalue weighted by Crippen LogP contribution is 2.27. The van der Waals surface area contributed by atoms with Gasteiger partial charge in [-0.15, -0.1) is 0 Å². The quantitative estimate of drug-likeness (QED) is 0.710. The van der Waals surface area contributed by atoms with E-state index >= 15 is 0 Å². The number of carbonyl (C=O) groups is 1. The van der Waals surface area contributed by atoms with Gasteiger partial charge in [-0.2, -0.15) is 11.3 Å². The van der Waals surface area contributed by atoms with Crippen LogP contribution in [0.1, 0.15) is 39.8 Å². The van der Waals surface area contributed by atoms with E-state index in [2.05, 4.69) is 15.0 Å². The van der Waals surface area contributed by atoms with Crippen LogP contribution in [0.25, 0.3) is 11.3 Å². The van der Waals surface area contributed by atoms with Gasteiger partial charge in [-0.1, -0.05) is 0 Å². The van der Waals surface area contributed by atoms with Crippen LogP contribution in [0.2, 0.25) is 0 Å². The number of carbonyl (C=O) groups excluding carboxylic acids is 1. The molecule has 1 unspecified atom stereocenters. The zero-order valence-electron chi connectivity index (χ0n) is 15.6. The summed E-state index contributed by atoms with van der Waals surface area (Å²) in [7, 11) is 0. The molecule has 1 saturated heterocycles. The van der Waals surface area contributed by atoms with Crippen LogP contribution in [0.3, 0.4) is 0 Å². The third kappa shape index (κ3) is 3.43. The van der Waals surface area contributed by atoms with Gasteiger partial charge in [0.05, 0.1) is 5.69 Å². The highest BCUT2D eigenvalue weighted by atomic mass is 32.1. The van der Waals surface area contributed by atoms with E-state index in [0.717, 1.165) is 16.8 Å². The molecule has 3 aromatic rings.